The van der Waals surface area contributed by atoms with Crippen LogP contribution in [-0.2, 0) is 16.2 Å². The highest BCUT2D eigenvalue weighted by Crippen LogP contribution is 2.48. The van der Waals surface area contributed by atoms with Gasteiger partial charge in [0.15, 0.2) is 0 Å². The highest BCUT2D eigenvalue weighted by Gasteiger charge is 2.46. The average Bonchev–Trinajstić information content (AvgIpc) is 2.75. The third kappa shape index (κ3) is 4.56. The van der Waals surface area contributed by atoms with Crippen LogP contribution in [-0.4, -0.2) is 32.8 Å². The van der Waals surface area contributed by atoms with Gasteiger partial charge >= 0.3 is 6.18 Å². The SMILES string of the molecule is N#CC1(CO)CC(CC2CN(S(=O)(=O)c3cccc(C(F)(F)F)c3)c3cc(Br)ccc3O2)C1. The number of ether oxygens (including phenoxy) is 1. The van der Waals surface area contributed by atoms with Crippen molar-refractivity contribution in [1.29, 1.82) is 5.26 Å². The van der Waals surface area contributed by atoms with Crippen LogP contribution >= 0.6 is 15.9 Å². The lowest BCUT2D eigenvalue weighted by Crippen LogP contribution is -2.47. The summed E-state index contributed by atoms with van der Waals surface area (Å²) < 4.78 is 74.2. The van der Waals surface area contributed by atoms with Crippen molar-refractivity contribution in [2.75, 3.05) is 17.5 Å². The molecule has 1 saturated carbocycles. The topological polar surface area (TPSA) is 90.6 Å². The van der Waals surface area contributed by atoms with Gasteiger partial charge in [0.25, 0.3) is 10.0 Å². The first kappa shape index (κ1) is 23.9. The number of nitrogens with zero attached hydrogens (tertiary/aromatic N) is 2. The van der Waals surface area contributed by atoms with Crippen LogP contribution in [0.5, 0.6) is 5.75 Å². The van der Waals surface area contributed by atoms with Crippen LogP contribution in [0.3, 0.4) is 0 Å². The van der Waals surface area contributed by atoms with Gasteiger partial charge in [-0.15, -0.1) is 0 Å². The number of sulfonamides is 1. The van der Waals surface area contributed by atoms with E-state index in [0.717, 1.165) is 22.5 Å². The lowest BCUT2D eigenvalue weighted by molar-refractivity contribution is -0.137. The third-order valence-corrected chi connectivity index (χ3v) is 8.37. The number of benzene rings is 2. The van der Waals surface area contributed by atoms with Crippen molar-refractivity contribution >= 4 is 31.6 Å². The van der Waals surface area contributed by atoms with E-state index in [2.05, 4.69) is 22.0 Å². The summed E-state index contributed by atoms with van der Waals surface area (Å²) in [5.41, 5.74) is -1.59. The van der Waals surface area contributed by atoms with Gasteiger partial charge in [0.2, 0.25) is 0 Å². The standard InChI is InChI=1S/C22H20BrF3N2O4S/c23-16-4-5-20-19(8-16)28(11-17(32-20)6-14-9-21(10-14,12-27)13-29)33(30,31)18-3-1-2-15(7-18)22(24,25)26/h1-5,7-8,14,17,29H,6,9-11,13H2. The van der Waals surface area contributed by atoms with E-state index in [1.807, 2.05) is 0 Å². The average molecular weight is 545 g/mol. The summed E-state index contributed by atoms with van der Waals surface area (Å²) in [6, 6.07) is 10.6. The first-order valence-electron chi connectivity index (χ1n) is 10.2. The van der Waals surface area contributed by atoms with Crippen molar-refractivity contribution in [1.82, 2.24) is 0 Å². The zero-order valence-electron chi connectivity index (χ0n) is 17.2. The highest BCUT2D eigenvalue weighted by atomic mass is 79.9. The summed E-state index contributed by atoms with van der Waals surface area (Å²) >= 11 is 3.30. The molecule has 0 saturated heterocycles. The second kappa shape index (κ2) is 8.49. The first-order valence-corrected chi connectivity index (χ1v) is 12.4. The second-order valence-electron chi connectivity index (χ2n) is 8.47. The summed E-state index contributed by atoms with van der Waals surface area (Å²) in [7, 11) is -4.32. The molecule has 176 valence electrons. The van der Waals surface area contributed by atoms with E-state index >= 15 is 0 Å². The molecule has 1 N–H and O–H groups in total. The summed E-state index contributed by atoms with van der Waals surface area (Å²) in [5, 5.41) is 18.7. The largest absolute Gasteiger partial charge is 0.486 e. The molecule has 2 aliphatic rings. The van der Waals surface area contributed by atoms with Crippen LogP contribution in [0.2, 0.25) is 0 Å². The van der Waals surface area contributed by atoms with Crippen molar-refractivity contribution in [3.05, 3.63) is 52.5 Å². The molecule has 11 heteroatoms. The molecule has 0 radical (unpaired) electrons. The molecular weight excluding hydrogens is 525 g/mol. The summed E-state index contributed by atoms with van der Waals surface area (Å²) in [6.45, 7) is -0.324. The van der Waals surface area contributed by atoms with Crippen molar-refractivity contribution in [3.63, 3.8) is 0 Å². The minimum atomic E-state index is -4.68. The van der Waals surface area contributed by atoms with Crippen molar-refractivity contribution in [2.24, 2.45) is 11.3 Å². The van der Waals surface area contributed by atoms with Gasteiger partial charge in [-0.25, -0.2) is 8.42 Å². The fourth-order valence-corrected chi connectivity index (χ4v) is 6.33. The number of halogens is 4. The predicted octanol–water partition coefficient (Wildman–Crippen LogP) is 4.73. The highest BCUT2D eigenvalue weighted by molar-refractivity contribution is 9.10. The van der Waals surface area contributed by atoms with Crippen LogP contribution < -0.4 is 9.04 Å². The Bertz CT molecular complexity index is 1210. The Balaban J connectivity index is 1.65. The van der Waals surface area contributed by atoms with E-state index in [9.17, 15) is 32.0 Å². The maximum Gasteiger partial charge on any atom is 0.416 e. The van der Waals surface area contributed by atoms with Gasteiger partial charge < -0.3 is 9.84 Å². The Kier molecular flexibility index (Phi) is 6.14. The van der Waals surface area contributed by atoms with Crippen molar-refractivity contribution in [3.8, 4) is 11.8 Å². The van der Waals surface area contributed by atoms with Crippen LogP contribution in [0.4, 0.5) is 18.9 Å². The molecule has 0 amide bonds. The Labute approximate surface area is 197 Å². The van der Waals surface area contributed by atoms with E-state index in [-0.39, 0.29) is 24.8 Å². The Hall–Kier alpha value is -2.29. The Morgan fingerprint density at radius 2 is 1.97 bits per heavy atom. The molecule has 1 aliphatic heterocycles. The number of fused-ring (bicyclic) bond motifs is 1. The molecule has 1 heterocycles. The quantitative estimate of drug-likeness (QED) is 0.587. The molecule has 2 aromatic carbocycles. The monoisotopic (exact) mass is 544 g/mol. The molecule has 1 atom stereocenters. The molecule has 0 bridgehead atoms. The zero-order valence-corrected chi connectivity index (χ0v) is 19.6. The van der Waals surface area contributed by atoms with Crippen LogP contribution in [0.15, 0.2) is 51.8 Å². The molecule has 0 spiro atoms. The number of hydrogen-bond donors (Lipinski definition) is 1. The van der Waals surface area contributed by atoms with E-state index in [4.69, 9.17) is 4.74 Å². The van der Waals surface area contributed by atoms with E-state index in [0.29, 0.717) is 35.6 Å². The molecule has 2 aromatic rings. The first-order chi connectivity index (χ1) is 15.5. The smallest absolute Gasteiger partial charge is 0.416 e. The van der Waals surface area contributed by atoms with Crippen LogP contribution in [0.1, 0.15) is 24.8 Å². The van der Waals surface area contributed by atoms with E-state index in [1.165, 1.54) is 0 Å². The minimum absolute atomic E-state index is 0.0666. The molecule has 1 unspecified atom stereocenters. The predicted molar refractivity (Wildman–Crippen MR) is 117 cm³/mol. The number of rotatable bonds is 5. The van der Waals surface area contributed by atoms with Gasteiger partial charge in [0.1, 0.15) is 11.9 Å². The number of hydrogen-bond acceptors (Lipinski definition) is 5. The maximum absolute atomic E-state index is 13.5. The second-order valence-corrected chi connectivity index (χ2v) is 11.3. The van der Waals surface area contributed by atoms with Gasteiger partial charge in [-0.1, -0.05) is 22.0 Å². The van der Waals surface area contributed by atoms with Gasteiger partial charge in [0, 0.05) is 4.47 Å². The van der Waals surface area contributed by atoms with Crippen molar-refractivity contribution < 1.29 is 31.4 Å². The van der Waals surface area contributed by atoms with Gasteiger partial charge in [0.05, 0.1) is 40.8 Å². The Morgan fingerprint density at radius 3 is 2.61 bits per heavy atom. The summed E-state index contributed by atoms with van der Waals surface area (Å²) in [4.78, 5) is -0.462. The van der Waals surface area contributed by atoms with Gasteiger partial charge in [-0.05, 0) is 61.6 Å². The lowest BCUT2D eigenvalue weighted by Gasteiger charge is -2.44. The molecule has 4 rings (SSSR count). The zero-order chi connectivity index (χ0) is 24.0. The normalized spacial score (nSPS) is 24.9. The number of nitriles is 1. The molecule has 1 fully saturated rings. The van der Waals surface area contributed by atoms with Gasteiger partial charge in [-0.3, -0.25) is 4.31 Å². The summed E-state index contributed by atoms with van der Waals surface area (Å²) in [5.74, 6) is 0.370. The van der Waals surface area contributed by atoms with Crippen LogP contribution in [0, 0.1) is 22.7 Å². The van der Waals surface area contributed by atoms with Gasteiger partial charge in [-0.2, -0.15) is 18.4 Å². The molecule has 33 heavy (non-hydrogen) atoms. The number of aliphatic hydroxyl groups excluding tert-OH is 1. The number of aliphatic hydroxyl groups is 1. The number of alkyl halides is 3. The molecule has 0 aromatic heterocycles. The fraction of sp³-hybridized carbons (Fsp3) is 0.409. The molecule has 6 nitrogen and oxygen atoms in total. The third-order valence-electron chi connectivity index (χ3n) is 6.10. The molecule has 1 aliphatic carbocycles. The Morgan fingerprint density at radius 1 is 1.24 bits per heavy atom. The van der Waals surface area contributed by atoms with E-state index < -0.39 is 38.2 Å². The number of anilines is 1. The maximum atomic E-state index is 13.5. The summed E-state index contributed by atoms with van der Waals surface area (Å²) in [6.07, 6.45) is -3.82. The molecular formula is C22H20BrF3N2O4S. The fourth-order valence-electron chi connectivity index (χ4n) is 4.44. The van der Waals surface area contributed by atoms with Crippen LogP contribution in [0.25, 0.3) is 0 Å². The minimum Gasteiger partial charge on any atom is -0.486 e. The van der Waals surface area contributed by atoms with Crippen molar-refractivity contribution in [2.45, 2.75) is 36.4 Å². The lowest BCUT2D eigenvalue weighted by atomic mass is 9.62. The van der Waals surface area contributed by atoms with E-state index in [1.54, 1.807) is 18.2 Å².